The summed E-state index contributed by atoms with van der Waals surface area (Å²) >= 11 is 0. The number of nitrogens with zero attached hydrogens (tertiary/aromatic N) is 1. The van der Waals surface area contributed by atoms with Crippen molar-refractivity contribution in [3.63, 3.8) is 0 Å². The highest BCUT2D eigenvalue weighted by molar-refractivity contribution is 5.74. The SMILES string of the molecule is O=C(NCC1CCCO1)N1CCC(Cc2ccc(F)cc2)C1. The minimum atomic E-state index is -0.203. The van der Waals surface area contributed by atoms with E-state index in [0.29, 0.717) is 12.5 Å². The number of hydrogen-bond acceptors (Lipinski definition) is 2. The third-order valence-electron chi connectivity index (χ3n) is 4.52. The summed E-state index contributed by atoms with van der Waals surface area (Å²) in [6.07, 6.45) is 4.21. The maximum atomic E-state index is 12.9. The van der Waals surface area contributed by atoms with Crippen LogP contribution in [0.15, 0.2) is 24.3 Å². The van der Waals surface area contributed by atoms with Gasteiger partial charge < -0.3 is 15.0 Å². The highest BCUT2D eigenvalue weighted by Crippen LogP contribution is 2.21. The molecule has 2 heterocycles. The van der Waals surface area contributed by atoms with Crippen molar-refractivity contribution in [1.29, 1.82) is 0 Å². The van der Waals surface area contributed by atoms with Gasteiger partial charge in [-0.15, -0.1) is 0 Å². The normalized spacial score (nSPS) is 24.7. The van der Waals surface area contributed by atoms with Crippen LogP contribution in [0.2, 0.25) is 0 Å². The first-order valence-electron chi connectivity index (χ1n) is 8.09. The first-order chi connectivity index (χ1) is 10.7. The van der Waals surface area contributed by atoms with Crippen LogP contribution in [0.25, 0.3) is 0 Å². The lowest BCUT2D eigenvalue weighted by Crippen LogP contribution is -2.41. The van der Waals surface area contributed by atoms with Crippen LogP contribution in [0, 0.1) is 11.7 Å². The van der Waals surface area contributed by atoms with Gasteiger partial charge in [0.25, 0.3) is 0 Å². The van der Waals surface area contributed by atoms with Crippen molar-refractivity contribution < 1.29 is 13.9 Å². The number of ether oxygens (including phenoxy) is 1. The van der Waals surface area contributed by atoms with Crippen LogP contribution in [-0.2, 0) is 11.2 Å². The second-order valence-electron chi connectivity index (χ2n) is 6.25. The summed E-state index contributed by atoms with van der Waals surface area (Å²) in [6, 6.07) is 6.66. The van der Waals surface area contributed by atoms with Crippen LogP contribution in [0.3, 0.4) is 0 Å². The Kier molecular flexibility index (Phi) is 4.93. The number of benzene rings is 1. The molecule has 0 bridgehead atoms. The van der Waals surface area contributed by atoms with Crippen molar-refractivity contribution in [1.82, 2.24) is 10.2 Å². The predicted octanol–water partition coefficient (Wildman–Crippen LogP) is 2.58. The summed E-state index contributed by atoms with van der Waals surface area (Å²) in [4.78, 5) is 14.0. The largest absolute Gasteiger partial charge is 0.376 e. The first-order valence-corrected chi connectivity index (χ1v) is 8.09. The summed E-state index contributed by atoms with van der Waals surface area (Å²) < 4.78 is 18.4. The van der Waals surface area contributed by atoms with E-state index in [1.54, 1.807) is 0 Å². The first kappa shape index (κ1) is 15.3. The highest BCUT2D eigenvalue weighted by atomic mass is 19.1. The molecule has 1 N–H and O–H groups in total. The number of likely N-dealkylation sites (tertiary alicyclic amines) is 1. The quantitative estimate of drug-likeness (QED) is 0.929. The molecule has 2 unspecified atom stereocenters. The molecule has 1 aromatic rings. The molecule has 0 saturated carbocycles. The maximum absolute atomic E-state index is 12.9. The molecular weight excluding hydrogens is 283 g/mol. The second-order valence-corrected chi connectivity index (χ2v) is 6.25. The van der Waals surface area contributed by atoms with E-state index in [4.69, 9.17) is 4.74 Å². The van der Waals surface area contributed by atoms with E-state index in [1.165, 1.54) is 12.1 Å². The van der Waals surface area contributed by atoms with Crippen molar-refractivity contribution in [3.8, 4) is 0 Å². The molecule has 3 rings (SSSR count). The maximum Gasteiger partial charge on any atom is 0.317 e. The monoisotopic (exact) mass is 306 g/mol. The van der Waals surface area contributed by atoms with E-state index in [0.717, 1.165) is 50.9 Å². The Morgan fingerprint density at radius 1 is 1.32 bits per heavy atom. The molecule has 0 radical (unpaired) electrons. The van der Waals surface area contributed by atoms with Gasteiger partial charge in [0.1, 0.15) is 5.82 Å². The number of rotatable bonds is 4. The van der Waals surface area contributed by atoms with E-state index in [1.807, 2.05) is 17.0 Å². The molecule has 0 aromatic heterocycles. The van der Waals surface area contributed by atoms with Crippen LogP contribution >= 0.6 is 0 Å². The minimum Gasteiger partial charge on any atom is -0.376 e. The number of halogens is 1. The molecule has 4 nitrogen and oxygen atoms in total. The molecule has 2 aliphatic rings. The van der Waals surface area contributed by atoms with Gasteiger partial charge in [-0.1, -0.05) is 12.1 Å². The molecule has 0 spiro atoms. The molecule has 120 valence electrons. The van der Waals surface area contributed by atoms with Gasteiger partial charge in [0.15, 0.2) is 0 Å². The Morgan fingerprint density at radius 3 is 2.86 bits per heavy atom. The fraction of sp³-hybridized carbons (Fsp3) is 0.588. The van der Waals surface area contributed by atoms with E-state index in [9.17, 15) is 9.18 Å². The Morgan fingerprint density at radius 2 is 2.14 bits per heavy atom. The van der Waals surface area contributed by atoms with Crippen LogP contribution < -0.4 is 5.32 Å². The number of carbonyl (C=O) groups is 1. The second kappa shape index (κ2) is 7.09. The molecule has 5 heteroatoms. The van der Waals surface area contributed by atoms with Gasteiger partial charge in [0.2, 0.25) is 0 Å². The smallest absolute Gasteiger partial charge is 0.317 e. The van der Waals surface area contributed by atoms with Crippen LogP contribution in [0.1, 0.15) is 24.8 Å². The average Bonchev–Trinajstić information content (AvgIpc) is 3.19. The number of carbonyl (C=O) groups excluding carboxylic acids is 1. The minimum absolute atomic E-state index is 0.0112. The molecule has 2 atom stereocenters. The van der Waals surface area contributed by atoms with Gasteiger partial charge in [0.05, 0.1) is 6.10 Å². The lowest BCUT2D eigenvalue weighted by atomic mass is 9.99. The lowest BCUT2D eigenvalue weighted by molar-refractivity contribution is 0.109. The standard InChI is InChI=1S/C17H23FN2O2/c18-15-5-3-13(4-6-15)10-14-7-8-20(12-14)17(21)19-11-16-2-1-9-22-16/h3-6,14,16H,1-2,7-12H2,(H,19,21). The third kappa shape index (κ3) is 3.97. The van der Waals surface area contributed by atoms with Gasteiger partial charge >= 0.3 is 6.03 Å². The summed E-state index contributed by atoms with van der Waals surface area (Å²) in [5, 5.41) is 2.97. The highest BCUT2D eigenvalue weighted by Gasteiger charge is 2.27. The molecule has 1 aromatic carbocycles. The van der Waals surface area contributed by atoms with Gasteiger partial charge in [-0.25, -0.2) is 9.18 Å². The molecule has 0 aliphatic carbocycles. The fourth-order valence-electron chi connectivity index (χ4n) is 3.26. The molecular formula is C17H23FN2O2. The summed E-state index contributed by atoms with van der Waals surface area (Å²) in [5.41, 5.74) is 1.13. The van der Waals surface area contributed by atoms with Gasteiger partial charge in [-0.3, -0.25) is 0 Å². The van der Waals surface area contributed by atoms with Crippen molar-refractivity contribution >= 4 is 6.03 Å². The Bertz CT molecular complexity index is 500. The van der Waals surface area contributed by atoms with Crippen LogP contribution in [0.5, 0.6) is 0 Å². The summed E-state index contributed by atoms with van der Waals surface area (Å²) in [6.45, 7) is 2.99. The van der Waals surface area contributed by atoms with Crippen molar-refractivity contribution in [3.05, 3.63) is 35.6 Å². The van der Waals surface area contributed by atoms with Crippen molar-refractivity contribution in [2.24, 2.45) is 5.92 Å². The van der Waals surface area contributed by atoms with E-state index in [-0.39, 0.29) is 18.0 Å². The fourth-order valence-corrected chi connectivity index (χ4v) is 3.26. The van der Waals surface area contributed by atoms with Crippen LogP contribution in [-0.4, -0.2) is 43.3 Å². The zero-order chi connectivity index (χ0) is 15.4. The number of hydrogen-bond donors (Lipinski definition) is 1. The van der Waals surface area contributed by atoms with Crippen molar-refractivity contribution in [2.75, 3.05) is 26.2 Å². The van der Waals surface area contributed by atoms with Gasteiger partial charge in [-0.2, -0.15) is 0 Å². The zero-order valence-corrected chi connectivity index (χ0v) is 12.8. The zero-order valence-electron chi connectivity index (χ0n) is 12.8. The molecule has 2 saturated heterocycles. The summed E-state index contributed by atoms with van der Waals surface area (Å²) in [7, 11) is 0. The predicted molar refractivity (Wildman–Crippen MR) is 82.2 cm³/mol. The van der Waals surface area contributed by atoms with E-state index < -0.39 is 0 Å². The van der Waals surface area contributed by atoms with E-state index in [2.05, 4.69) is 5.32 Å². The van der Waals surface area contributed by atoms with Gasteiger partial charge in [-0.05, 0) is 49.3 Å². The Labute approximate surface area is 130 Å². The third-order valence-corrected chi connectivity index (χ3v) is 4.52. The number of amides is 2. The molecule has 2 aliphatic heterocycles. The summed E-state index contributed by atoms with van der Waals surface area (Å²) in [5.74, 6) is 0.254. The molecule has 22 heavy (non-hydrogen) atoms. The van der Waals surface area contributed by atoms with E-state index >= 15 is 0 Å². The molecule has 2 fully saturated rings. The lowest BCUT2D eigenvalue weighted by Gasteiger charge is -2.19. The topological polar surface area (TPSA) is 41.6 Å². The van der Waals surface area contributed by atoms with Crippen LogP contribution in [0.4, 0.5) is 9.18 Å². The number of urea groups is 1. The van der Waals surface area contributed by atoms with Gasteiger partial charge in [0, 0.05) is 26.2 Å². The number of nitrogens with one attached hydrogen (secondary N) is 1. The van der Waals surface area contributed by atoms with Crippen molar-refractivity contribution in [2.45, 2.75) is 31.8 Å². The Balaban J connectivity index is 1.42. The average molecular weight is 306 g/mol. The Hall–Kier alpha value is -1.62. The molecule has 2 amide bonds.